The van der Waals surface area contributed by atoms with Gasteiger partial charge < -0.3 is 23.7 Å². The summed E-state index contributed by atoms with van der Waals surface area (Å²) in [5.41, 5.74) is 0.365. The number of carbonyl (C=O) groups excluding carboxylic acids is 2. The van der Waals surface area contributed by atoms with E-state index in [1.165, 1.54) is 12.5 Å². The Bertz CT molecular complexity index is 630. The van der Waals surface area contributed by atoms with Gasteiger partial charge in [0.2, 0.25) is 0 Å². The fourth-order valence-electron chi connectivity index (χ4n) is 4.62. The molecule has 1 aromatic rings. The van der Waals surface area contributed by atoms with E-state index < -0.39 is 0 Å². The lowest BCUT2D eigenvalue weighted by Gasteiger charge is -2.61. The third-order valence-electron chi connectivity index (χ3n) is 5.91. The van der Waals surface area contributed by atoms with Crippen molar-refractivity contribution in [3.8, 4) is 0 Å². The third-order valence-corrected chi connectivity index (χ3v) is 5.91. The highest BCUT2D eigenvalue weighted by atomic mass is 16.5. The summed E-state index contributed by atoms with van der Waals surface area (Å²) in [4.78, 5) is 29.0. The van der Waals surface area contributed by atoms with Gasteiger partial charge in [0.25, 0.3) is 11.8 Å². The Morgan fingerprint density at radius 1 is 1.28 bits per heavy atom. The zero-order chi connectivity index (χ0) is 17.4. The fourth-order valence-corrected chi connectivity index (χ4v) is 4.62. The van der Waals surface area contributed by atoms with E-state index in [-0.39, 0.29) is 29.5 Å². The Labute approximate surface area is 146 Å². The molecule has 7 nitrogen and oxygen atoms in total. The molecular weight excluding hydrogens is 324 g/mol. The average molecular weight is 348 g/mol. The minimum Gasteiger partial charge on any atom is -0.472 e. The molecule has 25 heavy (non-hydrogen) atoms. The molecule has 0 radical (unpaired) electrons. The van der Waals surface area contributed by atoms with Crippen molar-refractivity contribution in [1.29, 1.82) is 0 Å². The molecule has 0 saturated carbocycles. The van der Waals surface area contributed by atoms with Crippen molar-refractivity contribution in [1.82, 2.24) is 9.80 Å². The fraction of sp³-hybridized carbons (Fsp3) is 0.667. The Balaban J connectivity index is 1.43. The van der Waals surface area contributed by atoms with Gasteiger partial charge in [-0.15, -0.1) is 0 Å². The maximum Gasteiger partial charge on any atom is 0.257 e. The Morgan fingerprint density at radius 2 is 2.00 bits per heavy atom. The number of methoxy groups -OCH3 is 1. The van der Waals surface area contributed by atoms with Gasteiger partial charge >= 0.3 is 0 Å². The minimum absolute atomic E-state index is 0.00214. The highest BCUT2D eigenvalue weighted by Crippen LogP contribution is 2.45. The van der Waals surface area contributed by atoms with Gasteiger partial charge in [0.05, 0.1) is 17.4 Å². The first-order valence-corrected chi connectivity index (χ1v) is 8.92. The SMILES string of the molecule is COC1C(=O)N(C2CCN(C(=O)c3ccoc3)CC2)C12CCOCC2. The van der Waals surface area contributed by atoms with E-state index in [4.69, 9.17) is 13.9 Å². The summed E-state index contributed by atoms with van der Waals surface area (Å²) < 4.78 is 16.0. The van der Waals surface area contributed by atoms with Crippen LogP contribution in [0.25, 0.3) is 0 Å². The van der Waals surface area contributed by atoms with E-state index in [1.54, 1.807) is 13.2 Å². The van der Waals surface area contributed by atoms with Crippen LogP contribution in [-0.4, -0.2) is 72.7 Å². The molecule has 1 spiro atoms. The first-order chi connectivity index (χ1) is 12.2. The normalized spacial score (nSPS) is 26.8. The lowest BCUT2D eigenvalue weighted by molar-refractivity contribution is -0.213. The average Bonchev–Trinajstić information content (AvgIpc) is 3.18. The number of piperidine rings is 1. The van der Waals surface area contributed by atoms with Crippen LogP contribution in [0.2, 0.25) is 0 Å². The second-order valence-electron chi connectivity index (χ2n) is 7.08. The van der Waals surface area contributed by atoms with Gasteiger partial charge in [-0.1, -0.05) is 0 Å². The van der Waals surface area contributed by atoms with Gasteiger partial charge in [0.1, 0.15) is 6.26 Å². The molecule has 4 rings (SSSR count). The maximum absolute atomic E-state index is 12.6. The van der Waals surface area contributed by atoms with E-state index in [1.807, 2.05) is 9.80 Å². The van der Waals surface area contributed by atoms with Crippen LogP contribution in [0, 0.1) is 0 Å². The molecule has 3 aliphatic rings. The second kappa shape index (κ2) is 6.46. The molecule has 0 N–H and O–H groups in total. The molecule has 1 aromatic heterocycles. The molecule has 136 valence electrons. The van der Waals surface area contributed by atoms with Crippen molar-refractivity contribution in [2.75, 3.05) is 33.4 Å². The standard InChI is InChI=1S/C18H24N2O5/c1-23-15-17(22)20(18(15)5-10-24-11-6-18)14-2-7-19(8-3-14)16(21)13-4-9-25-12-13/h4,9,12,14-15H,2-3,5-8,10-11H2,1H3. The van der Waals surface area contributed by atoms with E-state index in [0.29, 0.717) is 31.9 Å². The molecule has 3 aliphatic heterocycles. The lowest BCUT2D eigenvalue weighted by atomic mass is 9.72. The number of rotatable bonds is 3. The van der Waals surface area contributed by atoms with Gasteiger partial charge in [-0.05, 0) is 31.7 Å². The zero-order valence-electron chi connectivity index (χ0n) is 14.5. The second-order valence-corrected chi connectivity index (χ2v) is 7.08. The highest BCUT2D eigenvalue weighted by molar-refractivity contribution is 5.94. The number of likely N-dealkylation sites (tertiary alicyclic amines) is 2. The number of hydrogen-bond donors (Lipinski definition) is 0. The number of amides is 2. The first-order valence-electron chi connectivity index (χ1n) is 8.92. The maximum atomic E-state index is 12.6. The molecule has 1 atom stereocenters. The summed E-state index contributed by atoms with van der Waals surface area (Å²) in [6, 6.07) is 1.86. The summed E-state index contributed by atoms with van der Waals surface area (Å²) >= 11 is 0. The van der Waals surface area contributed by atoms with Crippen molar-refractivity contribution in [2.24, 2.45) is 0 Å². The minimum atomic E-state index is -0.345. The molecule has 0 bridgehead atoms. The Kier molecular flexibility index (Phi) is 4.29. The van der Waals surface area contributed by atoms with Crippen LogP contribution in [-0.2, 0) is 14.3 Å². The largest absolute Gasteiger partial charge is 0.472 e. The lowest BCUT2D eigenvalue weighted by Crippen LogP contribution is -2.79. The number of nitrogens with zero attached hydrogens (tertiary/aromatic N) is 2. The van der Waals surface area contributed by atoms with Gasteiger partial charge in [0, 0.05) is 39.5 Å². The van der Waals surface area contributed by atoms with Crippen molar-refractivity contribution < 1.29 is 23.5 Å². The van der Waals surface area contributed by atoms with E-state index in [9.17, 15) is 9.59 Å². The summed E-state index contributed by atoms with van der Waals surface area (Å²) in [5.74, 6) is 0.0849. The van der Waals surface area contributed by atoms with Crippen LogP contribution in [0.4, 0.5) is 0 Å². The number of hydrogen-bond acceptors (Lipinski definition) is 5. The van der Waals surface area contributed by atoms with Crippen LogP contribution < -0.4 is 0 Å². The molecular formula is C18H24N2O5. The number of β-lactam (4-membered cyclic amide) rings is 1. The van der Waals surface area contributed by atoms with Gasteiger partial charge in [-0.3, -0.25) is 9.59 Å². The van der Waals surface area contributed by atoms with E-state index in [0.717, 1.165) is 25.7 Å². The predicted molar refractivity (Wildman–Crippen MR) is 88.1 cm³/mol. The molecule has 0 aliphatic carbocycles. The van der Waals surface area contributed by atoms with Crippen LogP contribution in [0.15, 0.2) is 23.0 Å². The molecule has 7 heteroatoms. The van der Waals surface area contributed by atoms with Gasteiger partial charge in [-0.2, -0.15) is 0 Å². The molecule has 2 amide bonds. The third kappa shape index (κ3) is 2.57. The predicted octanol–water partition coefficient (Wildman–Crippen LogP) is 1.29. The summed E-state index contributed by atoms with van der Waals surface area (Å²) in [7, 11) is 1.61. The number of ether oxygens (including phenoxy) is 2. The summed E-state index contributed by atoms with van der Waals surface area (Å²) in [6.07, 6.45) is 5.90. The van der Waals surface area contributed by atoms with E-state index in [2.05, 4.69) is 0 Å². The molecule has 1 unspecified atom stereocenters. The topological polar surface area (TPSA) is 72.2 Å². The van der Waals surface area contributed by atoms with Crippen molar-refractivity contribution >= 4 is 11.8 Å². The molecule has 3 fully saturated rings. The zero-order valence-corrected chi connectivity index (χ0v) is 14.5. The number of furan rings is 1. The quantitative estimate of drug-likeness (QED) is 0.770. The van der Waals surface area contributed by atoms with Crippen LogP contribution in [0.1, 0.15) is 36.0 Å². The van der Waals surface area contributed by atoms with Crippen molar-refractivity contribution in [3.05, 3.63) is 24.2 Å². The highest BCUT2D eigenvalue weighted by Gasteiger charge is 2.62. The molecule has 0 aromatic carbocycles. The van der Waals surface area contributed by atoms with Gasteiger partial charge in [-0.25, -0.2) is 0 Å². The Hall–Kier alpha value is -1.86. The number of carbonyl (C=O) groups is 2. The summed E-state index contributed by atoms with van der Waals surface area (Å²) in [6.45, 7) is 2.65. The molecule has 4 heterocycles. The first kappa shape index (κ1) is 16.6. The van der Waals surface area contributed by atoms with Crippen LogP contribution in [0.5, 0.6) is 0 Å². The smallest absolute Gasteiger partial charge is 0.257 e. The molecule has 3 saturated heterocycles. The van der Waals surface area contributed by atoms with Crippen molar-refractivity contribution in [3.63, 3.8) is 0 Å². The van der Waals surface area contributed by atoms with Gasteiger partial charge in [0.15, 0.2) is 6.10 Å². The van der Waals surface area contributed by atoms with Crippen LogP contribution >= 0.6 is 0 Å². The Morgan fingerprint density at radius 3 is 2.60 bits per heavy atom. The van der Waals surface area contributed by atoms with E-state index >= 15 is 0 Å². The monoisotopic (exact) mass is 348 g/mol. The summed E-state index contributed by atoms with van der Waals surface area (Å²) in [5, 5.41) is 0. The van der Waals surface area contributed by atoms with Crippen LogP contribution in [0.3, 0.4) is 0 Å². The van der Waals surface area contributed by atoms with Crippen molar-refractivity contribution in [2.45, 2.75) is 43.4 Å².